The summed E-state index contributed by atoms with van der Waals surface area (Å²) in [6.07, 6.45) is 6.97. The fourth-order valence-electron chi connectivity index (χ4n) is 4.49. The third-order valence-corrected chi connectivity index (χ3v) is 6.68. The van der Waals surface area contributed by atoms with Crippen molar-refractivity contribution in [3.05, 3.63) is 30.5 Å². The molecule has 2 aliphatic heterocycles. The number of anilines is 2. The molecule has 166 valence electrons. The molecule has 2 aromatic rings. The largest absolute Gasteiger partial charge is 0.471 e. The summed E-state index contributed by atoms with van der Waals surface area (Å²) in [7, 11) is 0. The second-order valence-electron chi connectivity index (χ2n) is 9.06. The zero-order valence-corrected chi connectivity index (χ0v) is 18.3. The van der Waals surface area contributed by atoms with Gasteiger partial charge in [0.15, 0.2) is 0 Å². The number of hydrogen-bond donors (Lipinski definition) is 2. The van der Waals surface area contributed by atoms with Crippen molar-refractivity contribution >= 4 is 11.6 Å². The number of hydrogen-bond acceptors (Lipinski definition) is 7. The molecule has 0 bridgehead atoms. The van der Waals surface area contributed by atoms with E-state index in [0.717, 1.165) is 56.4 Å². The highest BCUT2D eigenvalue weighted by Crippen LogP contribution is 2.32. The molecular formula is C24H33N5O2. The standard InChI is InChI=1S/C24H33N5O2/c1-17-2-6-19(7-3-17)27-24-26-16-22(23(28-24)31-21-14-25-15-21)18-4-8-20(9-5-18)29-10-12-30-13-11-29/h4-5,8-9,16-17,19,21,25H,2-3,6-7,10-15H2,1H3,(H,26,27,28)/t17-,19+. The van der Waals surface area contributed by atoms with Crippen molar-refractivity contribution in [2.24, 2.45) is 5.92 Å². The molecule has 0 unspecified atom stereocenters. The third-order valence-electron chi connectivity index (χ3n) is 6.68. The van der Waals surface area contributed by atoms with Gasteiger partial charge in [-0.1, -0.05) is 19.1 Å². The van der Waals surface area contributed by atoms with Gasteiger partial charge in [-0.2, -0.15) is 4.98 Å². The highest BCUT2D eigenvalue weighted by atomic mass is 16.5. The molecule has 2 saturated heterocycles. The van der Waals surface area contributed by atoms with Crippen molar-refractivity contribution in [2.75, 3.05) is 49.6 Å². The van der Waals surface area contributed by atoms with E-state index in [9.17, 15) is 0 Å². The van der Waals surface area contributed by atoms with Gasteiger partial charge in [0.1, 0.15) is 6.10 Å². The lowest BCUT2D eigenvalue weighted by Gasteiger charge is -2.30. The van der Waals surface area contributed by atoms with Crippen molar-refractivity contribution in [3.8, 4) is 17.0 Å². The zero-order chi connectivity index (χ0) is 21.0. The molecule has 31 heavy (non-hydrogen) atoms. The number of benzene rings is 1. The van der Waals surface area contributed by atoms with E-state index in [1.54, 1.807) is 0 Å². The minimum absolute atomic E-state index is 0.171. The lowest BCUT2D eigenvalue weighted by Crippen LogP contribution is -2.50. The van der Waals surface area contributed by atoms with E-state index in [1.165, 1.54) is 31.4 Å². The molecule has 1 aliphatic carbocycles. The Balaban J connectivity index is 1.35. The van der Waals surface area contributed by atoms with Crippen LogP contribution in [0.1, 0.15) is 32.6 Å². The lowest BCUT2D eigenvalue weighted by atomic mass is 9.87. The van der Waals surface area contributed by atoms with Crippen molar-refractivity contribution in [1.29, 1.82) is 0 Å². The zero-order valence-electron chi connectivity index (χ0n) is 18.3. The molecule has 7 heteroatoms. The van der Waals surface area contributed by atoms with Crippen LogP contribution in [0.3, 0.4) is 0 Å². The molecule has 3 heterocycles. The highest BCUT2D eigenvalue weighted by Gasteiger charge is 2.23. The molecule has 1 saturated carbocycles. The van der Waals surface area contributed by atoms with Crippen LogP contribution in [0.15, 0.2) is 30.5 Å². The molecule has 1 aromatic carbocycles. The van der Waals surface area contributed by atoms with E-state index in [2.05, 4.69) is 51.7 Å². The van der Waals surface area contributed by atoms with Crippen molar-refractivity contribution in [3.63, 3.8) is 0 Å². The van der Waals surface area contributed by atoms with Crippen molar-refractivity contribution < 1.29 is 9.47 Å². The van der Waals surface area contributed by atoms with Gasteiger partial charge in [-0.3, -0.25) is 0 Å². The smallest absolute Gasteiger partial charge is 0.226 e. The number of aromatic nitrogens is 2. The Bertz CT molecular complexity index is 857. The summed E-state index contributed by atoms with van der Waals surface area (Å²) in [5.74, 6) is 2.18. The van der Waals surface area contributed by atoms with E-state index in [-0.39, 0.29) is 6.10 Å². The van der Waals surface area contributed by atoms with E-state index >= 15 is 0 Å². The quantitative estimate of drug-likeness (QED) is 0.738. The van der Waals surface area contributed by atoms with E-state index in [0.29, 0.717) is 17.9 Å². The average molecular weight is 424 g/mol. The summed E-state index contributed by atoms with van der Waals surface area (Å²) in [6, 6.07) is 9.08. The van der Waals surface area contributed by atoms with Gasteiger partial charge in [0, 0.05) is 44.1 Å². The first-order valence-electron chi connectivity index (χ1n) is 11.7. The Morgan fingerprint density at radius 3 is 2.48 bits per heavy atom. The molecule has 2 N–H and O–H groups in total. The summed E-state index contributed by atoms with van der Waals surface area (Å²) in [4.78, 5) is 11.8. The first-order chi connectivity index (χ1) is 15.2. The summed E-state index contributed by atoms with van der Waals surface area (Å²) >= 11 is 0. The van der Waals surface area contributed by atoms with Gasteiger partial charge in [-0.15, -0.1) is 0 Å². The molecule has 0 amide bonds. The predicted molar refractivity (Wildman–Crippen MR) is 123 cm³/mol. The lowest BCUT2D eigenvalue weighted by molar-refractivity contribution is 0.122. The SMILES string of the molecule is C[C@H]1CC[C@@H](Nc2ncc(-c3ccc(N4CCOCC4)cc3)c(OC3CNC3)n2)CC1. The Morgan fingerprint density at radius 1 is 1.06 bits per heavy atom. The van der Waals surface area contributed by atoms with Crippen LogP contribution in [-0.4, -0.2) is 61.5 Å². The maximum absolute atomic E-state index is 6.25. The van der Waals surface area contributed by atoms with Crippen LogP contribution < -0.4 is 20.3 Å². The van der Waals surface area contributed by atoms with Crippen LogP contribution >= 0.6 is 0 Å². The summed E-state index contributed by atoms with van der Waals surface area (Å²) in [6.45, 7) is 7.52. The van der Waals surface area contributed by atoms with E-state index in [1.807, 2.05) is 6.20 Å². The van der Waals surface area contributed by atoms with Crippen LogP contribution in [-0.2, 0) is 4.74 Å². The molecule has 7 nitrogen and oxygen atoms in total. The van der Waals surface area contributed by atoms with Gasteiger partial charge in [0.2, 0.25) is 11.8 Å². The van der Waals surface area contributed by atoms with Crippen LogP contribution in [0.25, 0.3) is 11.1 Å². The van der Waals surface area contributed by atoms with Crippen LogP contribution in [0.5, 0.6) is 5.88 Å². The predicted octanol–water partition coefficient (Wildman–Crippen LogP) is 3.32. The Hall–Kier alpha value is -2.38. The fourth-order valence-corrected chi connectivity index (χ4v) is 4.49. The van der Waals surface area contributed by atoms with Gasteiger partial charge in [0.05, 0.1) is 18.8 Å². The molecular weight excluding hydrogens is 390 g/mol. The van der Waals surface area contributed by atoms with Crippen molar-refractivity contribution in [2.45, 2.75) is 44.8 Å². The average Bonchev–Trinajstić information content (AvgIpc) is 2.79. The summed E-state index contributed by atoms with van der Waals surface area (Å²) in [5.41, 5.74) is 3.25. The Kier molecular flexibility index (Phi) is 6.22. The summed E-state index contributed by atoms with van der Waals surface area (Å²) < 4.78 is 11.7. The highest BCUT2D eigenvalue weighted by molar-refractivity contribution is 5.70. The van der Waals surface area contributed by atoms with Crippen molar-refractivity contribution in [1.82, 2.24) is 15.3 Å². The van der Waals surface area contributed by atoms with Crippen LogP contribution in [0, 0.1) is 5.92 Å². The molecule has 0 atom stereocenters. The van der Waals surface area contributed by atoms with Gasteiger partial charge < -0.3 is 25.0 Å². The van der Waals surface area contributed by atoms with Gasteiger partial charge in [-0.25, -0.2) is 4.98 Å². The number of nitrogens with zero attached hydrogens (tertiary/aromatic N) is 3. The first kappa shape index (κ1) is 20.5. The van der Waals surface area contributed by atoms with Crippen LogP contribution in [0.4, 0.5) is 11.6 Å². The number of rotatable bonds is 6. The maximum atomic E-state index is 6.25. The molecule has 3 fully saturated rings. The monoisotopic (exact) mass is 423 g/mol. The number of morpholine rings is 1. The Labute approximate surface area is 184 Å². The van der Waals surface area contributed by atoms with E-state index < -0.39 is 0 Å². The van der Waals surface area contributed by atoms with Gasteiger partial charge in [0.25, 0.3) is 0 Å². The Morgan fingerprint density at radius 2 is 1.81 bits per heavy atom. The normalized spacial score (nSPS) is 24.5. The minimum atomic E-state index is 0.171. The third kappa shape index (κ3) is 4.93. The van der Waals surface area contributed by atoms with Crippen LogP contribution in [0.2, 0.25) is 0 Å². The van der Waals surface area contributed by atoms with E-state index in [4.69, 9.17) is 14.5 Å². The topological polar surface area (TPSA) is 71.5 Å². The molecule has 1 aromatic heterocycles. The maximum Gasteiger partial charge on any atom is 0.226 e. The summed E-state index contributed by atoms with van der Waals surface area (Å²) in [5, 5.41) is 6.81. The van der Waals surface area contributed by atoms with Gasteiger partial charge in [-0.05, 0) is 49.3 Å². The molecule has 3 aliphatic rings. The minimum Gasteiger partial charge on any atom is -0.471 e. The second kappa shape index (κ2) is 9.40. The number of ether oxygens (including phenoxy) is 2. The van der Waals surface area contributed by atoms with Gasteiger partial charge >= 0.3 is 0 Å². The fraction of sp³-hybridized carbons (Fsp3) is 0.583. The second-order valence-corrected chi connectivity index (χ2v) is 9.06. The molecule has 5 rings (SSSR count). The number of nitrogens with one attached hydrogen (secondary N) is 2. The molecule has 0 spiro atoms. The molecule has 0 radical (unpaired) electrons. The first-order valence-corrected chi connectivity index (χ1v) is 11.7.